The predicted octanol–water partition coefficient (Wildman–Crippen LogP) is 2.01. The van der Waals surface area contributed by atoms with E-state index < -0.39 is 41.0 Å². The first kappa shape index (κ1) is 23.7. The summed E-state index contributed by atoms with van der Waals surface area (Å²) in [6, 6.07) is 2.49. The van der Waals surface area contributed by atoms with Gasteiger partial charge in [0.05, 0.1) is 35.1 Å². The molecule has 2 aliphatic heterocycles. The fraction of sp³-hybridized carbons (Fsp3) is 0.407. The molecule has 1 aromatic carbocycles. The number of hydrogen-bond acceptors (Lipinski definition) is 7. The topological polar surface area (TPSA) is 131 Å². The highest BCUT2D eigenvalue weighted by Crippen LogP contribution is 2.45. The first-order chi connectivity index (χ1) is 17.6. The van der Waals surface area contributed by atoms with Crippen LogP contribution in [0.1, 0.15) is 66.1 Å². The van der Waals surface area contributed by atoms with Crippen molar-refractivity contribution in [2.24, 2.45) is 0 Å². The maximum Gasteiger partial charge on any atom is 0.343 e. The molecule has 3 N–H and O–H groups in total. The van der Waals surface area contributed by atoms with Gasteiger partial charge in [0.2, 0.25) is 5.91 Å². The number of halogens is 1. The summed E-state index contributed by atoms with van der Waals surface area (Å²) in [4.78, 5) is 43.3. The van der Waals surface area contributed by atoms with Gasteiger partial charge in [0.15, 0.2) is 5.60 Å². The number of pyridine rings is 2. The molecule has 3 aliphatic rings. The number of nitrogens with one attached hydrogen (secondary N) is 1. The van der Waals surface area contributed by atoms with Crippen LogP contribution in [-0.4, -0.2) is 37.7 Å². The lowest BCUT2D eigenvalue weighted by Crippen LogP contribution is -2.44. The number of carbonyl (C=O) groups is 2. The molecule has 0 bridgehead atoms. The molecule has 0 radical (unpaired) electrons. The maximum atomic E-state index is 14.9. The van der Waals surface area contributed by atoms with E-state index in [1.165, 1.54) is 17.6 Å². The Morgan fingerprint density at radius 3 is 2.78 bits per heavy atom. The van der Waals surface area contributed by atoms with Crippen LogP contribution in [0, 0.1) is 12.7 Å². The van der Waals surface area contributed by atoms with Crippen molar-refractivity contribution < 1.29 is 28.9 Å². The summed E-state index contributed by atoms with van der Waals surface area (Å²) in [7, 11) is 0. The number of nitrogens with zero attached hydrogens (tertiary/aromatic N) is 2. The zero-order chi connectivity index (χ0) is 26.4. The van der Waals surface area contributed by atoms with E-state index >= 15 is 0 Å². The van der Waals surface area contributed by atoms with Gasteiger partial charge in [0.25, 0.3) is 5.56 Å². The summed E-state index contributed by atoms with van der Waals surface area (Å²) >= 11 is 0. The Bertz CT molecular complexity index is 1610. The molecular weight excluding hydrogens is 481 g/mol. The van der Waals surface area contributed by atoms with Crippen molar-refractivity contribution >= 4 is 22.8 Å². The van der Waals surface area contributed by atoms with E-state index in [1.54, 1.807) is 19.9 Å². The van der Waals surface area contributed by atoms with E-state index in [2.05, 4.69) is 5.32 Å². The van der Waals surface area contributed by atoms with Crippen molar-refractivity contribution in [1.29, 1.82) is 0 Å². The molecule has 0 fully saturated rings. The number of aliphatic hydroxyl groups excluding tert-OH is 1. The molecule has 9 nitrogen and oxygen atoms in total. The molecule has 0 saturated heterocycles. The van der Waals surface area contributed by atoms with Crippen LogP contribution in [0.3, 0.4) is 0 Å². The highest BCUT2D eigenvalue weighted by molar-refractivity contribution is 5.94. The molecule has 3 atom stereocenters. The molecule has 37 heavy (non-hydrogen) atoms. The fourth-order valence-corrected chi connectivity index (χ4v) is 5.99. The number of aromatic nitrogens is 2. The van der Waals surface area contributed by atoms with Crippen molar-refractivity contribution in [3.63, 3.8) is 0 Å². The standard InChI is InChI=1S/C27H26FN3O6/c1-4-27(36)16-7-20-23-14(9-31(20)25(34)15(16)10-37-26(27)35)22-18(30-24(33)12(3)32)6-5-13-11(2)17(28)8-19(29-23)21(13)22/h7-8,12,18,32,36H,4-6,9-10H2,1-3H3,(H,30,33)/t12-,18+,27+/m1/s1. The number of cyclic esters (lactones) is 1. The van der Waals surface area contributed by atoms with Crippen LogP contribution in [0.4, 0.5) is 4.39 Å². The first-order valence-electron chi connectivity index (χ1n) is 12.4. The van der Waals surface area contributed by atoms with E-state index in [4.69, 9.17) is 9.72 Å². The number of fused-ring (bicyclic) bond motifs is 5. The van der Waals surface area contributed by atoms with Gasteiger partial charge in [-0.3, -0.25) is 9.59 Å². The van der Waals surface area contributed by atoms with Gasteiger partial charge in [-0.15, -0.1) is 0 Å². The minimum atomic E-state index is -1.96. The number of esters is 1. The monoisotopic (exact) mass is 507 g/mol. The summed E-state index contributed by atoms with van der Waals surface area (Å²) in [6.45, 7) is 4.65. The van der Waals surface area contributed by atoms with Crippen LogP contribution < -0.4 is 10.9 Å². The average molecular weight is 508 g/mol. The summed E-state index contributed by atoms with van der Waals surface area (Å²) < 4.78 is 21.6. The lowest BCUT2D eigenvalue weighted by Gasteiger charge is -2.31. The van der Waals surface area contributed by atoms with Crippen LogP contribution in [-0.2, 0) is 39.5 Å². The van der Waals surface area contributed by atoms with Crippen LogP contribution in [0.25, 0.3) is 22.3 Å². The van der Waals surface area contributed by atoms with E-state index in [1.807, 2.05) is 0 Å². The molecular formula is C27H26FN3O6. The number of amides is 1. The third-order valence-corrected chi connectivity index (χ3v) is 8.07. The summed E-state index contributed by atoms with van der Waals surface area (Å²) in [5.41, 5.74) is 2.07. The third kappa shape index (κ3) is 3.15. The van der Waals surface area contributed by atoms with Crippen LogP contribution in [0.5, 0.6) is 0 Å². The molecule has 0 unspecified atom stereocenters. The molecule has 192 valence electrons. The Labute approximate surface area is 210 Å². The van der Waals surface area contributed by atoms with Crippen LogP contribution in [0.15, 0.2) is 16.9 Å². The predicted molar refractivity (Wildman–Crippen MR) is 130 cm³/mol. The summed E-state index contributed by atoms with van der Waals surface area (Å²) in [5.74, 6) is -1.73. The molecule has 1 amide bonds. The SMILES string of the molecule is CC[C@@]1(O)C(=O)OCc2c1cc1n(c2=O)Cc2c-1nc1cc(F)c(C)c3c1c2[C@@H](NC(=O)[C@@H](C)O)CC3. The minimum Gasteiger partial charge on any atom is -0.458 e. The number of aryl methyl sites for hydroxylation is 1. The van der Waals surface area contributed by atoms with Crippen molar-refractivity contribution in [2.75, 3.05) is 0 Å². The van der Waals surface area contributed by atoms with Crippen molar-refractivity contribution in [1.82, 2.24) is 14.9 Å². The Hall–Kier alpha value is -3.63. The number of carbonyl (C=O) groups excluding carboxylic acids is 2. The number of rotatable bonds is 3. The Morgan fingerprint density at radius 2 is 2.08 bits per heavy atom. The third-order valence-electron chi connectivity index (χ3n) is 8.07. The van der Waals surface area contributed by atoms with Crippen LogP contribution >= 0.6 is 0 Å². The van der Waals surface area contributed by atoms with Gasteiger partial charge in [-0.05, 0) is 55.9 Å². The number of ether oxygens (including phenoxy) is 1. The molecule has 0 spiro atoms. The average Bonchev–Trinajstić information content (AvgIpc) is 3.24. The summed E-state index contributed by atoms with van der Waals surface area (Å²) in [6.07, 6.45) is -0.187. The lowest BCUT2D eigenvalue weighted by atomic mass is 9.81. The van der Waals surface area contributed by atoms with Crippen molar-refractivity contribution in [2.45, 2.75) is 70.9 Å². The maximum absolute atomic E-state index is 14.9. The normalized spacial score (nSPS) is 22.2. The Morgan fingerprint density at radius 1 is 1.32 bits per heavy atom. The number of benzene rings is 1. The van der Waals surface area contributed by atoms with Gasteiger partial charge >= 0.3 is 5.97 Å². The van der Waals surface area contributed by atoms with E-state index in [9.17, 15) is 29.0 Å². The zero-order valence-corrected chi connectivity index (χ0v) is 20.6. The molecule has 4 heterocycles. The smallest absolute Gasteiger partial charge is 0.343 e. The number of aliphatic hydroxyl groups is 2. The molecule has 1 aliphatic carbocycles. The molecule has 2 aromatic heterocycles. The molecule has 0 saturated carbocycles. The molecule has 10 heteroatoms. The first-order valence-corrected chi connectivity index (χ1v) is 12.4. The second kappa shape index (κ2) is 7.93. The quantitative estimate of drug-likeness (QED) is 0.362. The Kier molecular flexibility index (Phi) is 5.09. The second-order valence-corrected chi connectivity index (χ2v) is 10.1. The molecule has 3 aromatic rings. The highest BCUT2D eigenvalue weighted by Gasteiger charge is 2.46. The van der Waals surface area contributed by atoms with Gasteiger partial charge in [-0.2, -0.15) is 0 Å². The van der Waals surface area contributed by atoms with Gasteiger partial charge in [-0.25, -0.2) is 14.2 Å². The van der Waals surface area contributed by atoms with E-state index in [-0.39, 0.29) is 30.7 Å². The minimum absolute atomic E-state index is 0.0201. The van der Waals surface area contributed by atoms with Crippen molar-refractivity contribution in [3.8, 4) is 11.4 Å². The van der Waals surface area contributed by atoms with Gasteiger partial charge in [0.1, 0.15) is 18.5 Å². The van der Waals surface area contributed by atoms with E-state index in [0.717, 1.165) is 16.5 Å². The van der Waals surface area contributed by atoms with Crippen LogP contribution in [0.2, 0.25) is 0 Å². The summed E-state index contributed by atoms with van der Waals surface area (Å²) in [5, 5.41) is 24.6. The van der Waals surface area contributed by atoms with E-state index in [0.29, 0.717) is 40.9 Å². The van der Waals surface area contributed by atoms with Gasteiger partial charge < -0.3 is 24.8 Å². The van der Waals surface area contributed by atoms with Gasteiger partial charge in [-0.1, -0.05) is 6.92 Å². The second-order valence-electron chi connectivity index (χ2n) is 10.1. The van der Waals surface area contributed by atoms with Gasteiger partial charge in [0, 0.05) is 22.6 Å². The Balaban J connectivity index is 1.65. The fourth-order valence-electron chi connectivity index (χ4n) is 5.99. The number of hydrogen-bond donors (Lipinski definition) is 3. The van der Waals surface area contributed by atoms with Crippen molar-refractivity contribution in [3.05, 3.63) is 61.7 Å². The largest absolute Gasteiger partial charge is 0.458 e. The highest BCUT2D eigenvalue weighted by atomic mass is 19.1. The lowest BCUT2D eigenvalue weighted by molar-refractivity contribution is -0.172. The molecule has 6 rings (SSSR count). The zero-order valence-electron chi connectivity index (χ0n) is 20.6.